The maximum absolute atomic E-state index is 6.30. The van der Waals surface area contributed by atoms with Gasteiger partial charge in [-0.05, 0) is 87.1 Å². The van der Waals surface area contributed by atoms with E-state index in [0.717, 1.165) is 44.6 Å². The molecule has 2 heterocycles. The molecule has 0 spiro atoms. The first-order chi connectivity index (χ1) is 27.3. The third-order valence-corrected chi connectivity index (χ3v) is 12.1. The number of rotatable bonds is 6. The number of hydrogen-bond acceptors (Lipinski definition) is 3. The first-order valence-corrected chi connectivity index (χ1v) is 19.5. The van der Waals surface area contributed by atoms with Gasteiger partial charge in [0, 0.05) is 47.9 Å². The molecule has 55 heavy (non-hydrogen) atoms. The van der Waals surface area contributed by atoms with Gasteiger partial charge < -0.3 is 9.32 Å². The fraction of sp³-hybridized carbons (Fsp3) is 0. The van der Waals surface area contributed by atoms with Gasteiger partial charge in [-0.3, -0.25) is 0 Å². The largest absolute Gasteiger partial charge is 0.456 e. The van der Waals surface area contributed by atoms with Crippen LogP contribution in [-0.2, 0) is 0 Å². The Morgan fingerprint density at radius 2 is 1.00 bits per heavy atom. The molecule has 2 aromatic heterocycles. The Kier molecular flexibility index (Phi) is 7.39. The lowest BCUT2D eigenvalue weighted by Crippen LogP contribution is -2.11. The molecule has 3 heteroatoms. The molecule has 0 N–H and O–H groups in total. The van der Waals surface area contributed by atoms with Crippen molar-refractivity contribution in [3.8, 4) is 33.4 Å². The normalized spacial score (nSPS) is 11.6. The molecular formula is C52H33NOS. The van der Waals surface area contributed by atoms with Crippen LogP contribution >= 0.6 is 11.3 Å². The standard InChI is InChI=1S/C52H33NOS/c1-2-13-34(14-3-1)39-20-10-15-36-16-11-22-44(51(36)39)41-17-4-7-24-47(41)53(38-31-32-49-46(33-38)42-18-5-8-25-48(42)54-49)37-29-27-35(28-30-37)40-21-12-23-45-43-19-6-9-26-50(43)55-52(40)45/h1-33H. The van der Waals surface area contributed by atoms with Crippen LogP contribution < -0.4 is 4.90 Å². The lowest BCUT2D eigenvalue weighted by atomic mass is 9.90. The highest BCUT2D eigenvalue weighted by molar-refractivity contribution is 7.26. The smallest absolute Gasteiger partial charge is 0.135 e. The molecule has 0 unspecified atom stereocenters. The van der Waals surface area contributed by atoms with E-state index in [-0.39, 0.29) is 0 Å². The van der Waals surface area contributed by atoms with Gasteiger partial charge in [0.15, 0.2) is 0 Å². The van der Waals surface area contributed by atoms with E-state index in [4.69, 9.17) is 4.42 Å². The monoisotopic (exact) mass is 719 g/mol. The van der Waals surface area contributed by atoms with Gasteiger partial charge in [0.05, 0.1) is 5.69 Å². The fourth-order valence-corrected chi connectivity index (χ4v) is 9.60. The number of fused-ring (bicyclic) bond motifs is 7. The minimum Gasteiger partial charge on any atom is -0.456 e. The van der Waals surface area contributed by atoms with Crippen molar-refractivity contribution in [3.05, 3.63) is 200 Å². The average molecular weight is 720 g/mol. The van der Waals surface area contributed by atoms with E-state index in [1.54, 1.807) is 0 Å². The van der Waals surface area contributed by atoms with E-state index in [9.17, 15) is 0 Å². The molecule has 0 radical (unpaired) electrons. The highest BCUT2D eigenvalue weighted by Gasteiger charge is 2.21. The van der Waals surface area contributed by atoms with Gasteiger partial charge in [-0.2, -0.15) is 0 Å². The zero-order chi connectivity index (χ0) is 36.3. The fourth-order valence-electron chi connectivity index (χ4n) is 8.37. The number of anilines is 3. The maximum Gasteiger partial charge on any atom is 0.135 e. The summed E-state index contributed by atoms with van der Waals surface area (Å²) in [7, 11) is 0. The van der Waals surface area contributed by atoms with Gasteiger partial charge in [-0.15, -0.1) is 11.3 Å². The summed E-state index contributed by atoms with van der Waals surface area (Å²) in [6, 6.07) is 72.2. The van der Waals surface area contributed by atoms with Gasteiger partial charge in [0.1, 0.15) is 11.2 Å². The van der Waals surface area contributed by atoms with Crippen molar-refractivity contribution in [2.45, 2.75) is 0 Å². The molecule has 0 bridgehead atoms. The second-order valence-electron chi connectivity index (χ2n) is 14.0. The van der Waals surface area contributed by atoms with Crippen LogP contribution in [0, 0.1) is 0 Å². The van der Waals surface area contributed by atoms with E-state index in [0.29, 0.717) is 0 Å². The first kappa shape index (κ1) is 31.6. The molecule has 0 saturated heterocycles. The average Bonchev–Trinajstić information content (AvgIpc) is 3.83. The maximum atomic E-state index is 6.30. The van der Waals surface area contributed by atoms with Gasteiger partial charge in [0.2, 0.25) is 0 Å². The Balaban J connectivity index is 1.12. The quantitative estimate of drug-likeness (QED) is 0.170. The molecule has 11 rings (SSSR count). The lowest BCUT2D eigenvalue weighted by Gasteiger charge is -2.28. The van der Waals surface area contributed by atoms with Crippen LogP contribution in [0.3, 0.4) is 0 Å². The number of nitrogens with zero attached hydrogens (tertiary/aromatic N) is 1. The van der Waals surface area contributed by atoms with Crippen LogP contribution in [0.1, 0.15) is 0 Å². The molecule has 9 aromatic carbocycles. The van der Waals surface area contributed by atoms with E-state index < -0.39 is 0 Å². The van der Waals surface area contributed by atoms with Crippen molar-refractivity contribution in [2.24, 2.45) is 0 Å². The van der Waals surface area contributed by atoms with Crippen LogP contribution in [0.4, 0.5) is 17.1 Å². The molecule has 258 valence electrons. The zero-order valence-electron chi connectivity index (χ0n) is 29.8. The van der Waals surface area contributed by atoms with E-state index in [1.807, 2.05) is 23.5 Å². The Hall–Kier alpha value is -6.94. The minimum absolute atomic E-state index is 0.881. The molecule has 0 aliphatic carbocycles. The Morgan fingerprint density at radius 3 is 1.87 bits per heavy atom. The Labute approximate surface area is 322 Å². The predicted molar refractivity (Wildman–Crippen MR) is 235 cm³/mol. The molecule has 0 amide bonds. The van der Waals surface area contributed by atoms with E-state index in [1.165, 1.54) is 58.8 Å². The van der Waals surface area contributed by atoms with Gasteiger partial charge in [-0.1, -0.05) is 152 Å². The molecule has 0 atom stereocenters. The summed E-state index contributed by atoms with van der Waals surface area (Å²) in [5.41, 5.74) is 12.3. The molecule has 2 nitrogen and oxygen atoms in total. The summed E-state index contributed by atoms with van der Waals surface area (Å²) in [5, 5.41) is 7.29. The molecule has 0 aliphatic heterocycles. The topological polar surface area (TPSA) is 16.4 Å². The van der Waals surface area contributed by atoms with Gasteiger partial charge in [0.25, 0.3) is 0 Å². The molecule has 0 aliphatic rings. The van der Waals surface area contributed by atoms with Crippen molar-refractivity contribution >= 4 is 81.3 Å². The van der Waals surface area contributed by atoms with Crippen molar-refractivity contribution in [2.75, 3.05) is 4.90 Å². The summed E-state index contributed by atoms with van der Waals surface area (Å²) in [4.78, 5) is 2.41. The lowest BCUT2D eigenvalue weighted by molar-refractivity contribution is 0.669. The van der Waals surface area contributed by atoms with Crippen molar-refractivity contribution in [1.29, 1.82) is 0 Å². The molecular weight excluding hydrogens is 687 g/mol. The van der Waals surface area contributed by atoms with Crippen LogP contribution in [0.15, 0.2) is 205 Å². The number of thiophene rings is 1. The number of furan rings is 1. The summed E-state index contributed by atoms with van der Waals surface area (Å²) >= 11 is 1.87. The third-order valence-electron chi connectivity index (χ3n) is 10.9. The SMILES string of the molecule is c1ccc(-c2cccc3cccc(-c4ccccc4N(c4ccc(-c5cccc6c5sc5ccccc56)cc4)c4ccc5oc6ccccc6c5c4)c23)cc1. The van der Waals surface area contributed by atoms with Gasteiger partial charge in [-0.25, -0.2) is 0 Å². The second-order valence-corrected chi connectivity index (χ2v) is 15.1. The third kappa shape index (κ3) is 5.24. The number of para-hydroxylation sites is 2. The van der Waals surface area contributed by atoms with E-state index >= 15 is 0 Å². The molecule has 0 fully saturated rings. The highest BCUT2D eigenvalue weighted by Crippen LogP contribution is 2.47. The molecule has 11 aromatic rings. The Bertz CT molecular complexity index is 3200. The zero-order valence-corrected chi connectivity index (χ0v) is 30.6. The van der Waals surface area contributed by atoms with Crippen molar-refractivity contribution < 1.29 is 4.42 Å². The van der Waals surface area contributed by atoms with Crippen LogP contribution in [-0.4, -0.2) is 0 Å². The van der Waals surface area contributed by atoms with E-state index in [2.05, 4.69) is 193 Å². The second kappa shape index (κ2) is 12.9. The number of benzene rings is 9. The van der Waals surface area contributed by atoms with Crippen LogP contribution in [0.2, 0.25) is 0 Å². The van der Waals surface area contributed by atoms with Crippen LogP contribution in [0.25, 0.3) is 86.3 Å². The highest BCUT2D eigenvalue weighted by atomic mass is 32.1. The van der Waals surface area contributed by atoms with Crippen molar-refractivity contribution in [1.82, 2.24) is 0 Å². The summed E-state index contributed by atoms with van der Waals surface area (Å²) in [6.45, 7) is 0. The van der Waals surface area contributed by atoms with Crippen LogP contribution in [0.5, 0.6) is 0 Å². The summed E-state index contributed by atoms with van der Waals surface area (Å²) in [5.74, 6) is 0. The summed E-state index contributed by atoms with van der Waals surface area (Å²) in [6.07, 6.45) is 0. The predicted octanol–water partition coefficient (Wildman–Crippen LogP) is 15.6. The summed E-state index contributed by atoms with van der Waals surface area (Å²) < 4.78 is 8.93. The number of hydrogen-bond donors (Lipinski definition) is 0. The first-order valence-electron chi connectivity index (χ1n) is 18.7. The Morgan fingerprint density at radius 1 is 0.382 bits per heavy atom. The van der Waals surface area contributed by atoms with Gasteiger partial charge >= 0.3 is 0 Å². The molecule has 0 saturated carbocycles. The van der Waals surface area contributed by atoms with Crippen molar-refractivity contribution in [3.63, 3.8) is 0 Å². The minimum atomic E-state index is 0.881.